The Morgan fingerprint density at radius 1 is 1.30 bits per heavy atom. The third kappa shape index (κ3) is 5.52. The van der Waals surface area contributed by atoms with E-state index < -0.39 is 4.92 Å². The minimum absolute atomic E-state index is 0.0717. The van der Waals surface area contributed by atoms with Gasteiger partial charge in [-0.25, -0.2) is 0 Å². The van der Waals surface area contributed by atoms with Crippen LogP contribution in [-0.2, 0) is 4.79 Å². The Morgan fingerprint density at radius 3 is 2.70 bits per heavy atom. The Bertz CT molecular complexity index is 533. The number of hydrogen-bond donors (Lipinski definition) is 3. The summed E-state index contributed by atoms with van der Waals surface area (Å²) in [6.45, 7) is 4.96. The van der Waals surface area contributed by atoms with Crippen molar-refractivity contribution < 1.29 is 14.6 Å². The predicted molar refractivity (Wildman–Crippen MR) is 88.6 cm³/mol. The molecule has 0 spiro atoms. The Labute approximate surface area is 136 Å². The number of carbonyl (C=O) groups excluding carboxylic acids is 1. The van der Waals surface area contributed by atoms with Crippen LogP contribution in [0.15, 0.2) is 24.3 Å². The smallest absolute Gasteiger partial charge is 0.275 e. The van der Waals surface area contributed by atoms with Crippen molar-refractivity contribution in [2.24, 2.45) is 0 Å². The van der Waals surface area contributed by atoms with Crippen LogP contribution in [0.25, 0.3) is 0 Å². The fourth-order valence-corrected chi connectivity index (χ4v) is 2.89. The molecule has 7 nitrogen and oxygen atoms in total. The third-order valence-corrected chi connectivity index (χ3v) is 4.32. The van der Waals surface area contributed by atoms with E-state index in [2.05, 4.69) is 17.6 Å². The lowest BCUT2D eigenvalue weighted by Gasteiger charge is -2.29. The lowest BCUT2D eigenvalue weighted by atomic mass is 10.0. The number of non-ortho nitro benzene ring substituents is 1. The molecule has 1 amide bonds. The van der Waals surface area contributed by atoms with Crippen LogP contribution in [0.1, 0.15) is 26.2 Å². The van der Waals surface area contributed by atoms with E-state index in [-0.39, 0.29) is 11.6 Å². The number of quaternary nitrogens is 1. The van der Waals surface area contributed by atoms with Crippen molar-refractivity contribution in [1.82, 2.24) is 5.32 Å². The minimum atomic E-state index is -0.423. The molecule has 0 bridgehead atoms. The molecule has 1 fully saturated rings. The van der Waals surface area contributed by atoms with Gasteiger partial charge in [0.1, 0.15) is 0 Å². The zero-order valence-corrected chi connectivity index (χ0v) is 13.5. The molecule has 1 aliphatic rings. The highest BCUT2D eigenvalue weighted by Gasteiger charge is 2.23. The predicted octanol–water partition coefficient (Wildman–Crippen LogP) is 0.580. The summed E-state index contributed by atoms with van der Waals surface area (Å²) in [5.74, 6) is 0.0826. The zero-order chi connectivity index (χ0) is 16.7. The van der Waals surface area contributed by atoms with Gasteiger partial charge in [-0.05, 0) is 38.3 Å². The fourth-order valence-electron chi connectivity index (χ4n) is 2.89. The largest absolute Gasteiger partial charge is 0.383 e. The van der Waals surface area contributed by atoms with E-state index in [1.807, 2.05) is 0 Å². The van der Waals surface area contributed by atoms with Crippen molar-refractivity contribution in [3.63, 3.8) is 0 Å². The van der Waals surface area contributed by atoms with Crippen LogP contribution in [0.5, 0.6) is 0 Å². The van der Waals surface area contributed by atoms with Gasteiger partial charge in [-0.15, -0.1) is 0 Å². The molecule has 0 aliphatic carbocycles. The molecule has 7 heteroatoms. The summed E-state index contributed by atoms with van der Waals surface area (Å²) in [5, 5.41) is 16.6. The van der Waals surface area contributed by atoms with Crippen molar-refractivity contribution in [1.29, 1.82) is 0 Å². The number of likely N-dealkylation sites (tertiary alicyclic amines) is 1. The second-order valence-corrected chi connectivity index (χ2v) is 6.06. The van der Waals surface area contributed by atoms with E-state index in [1.165, 1.54) is 36.3 Å². The lowest BCUT2D eigenvalue weighted by Crippen LogP contribution is -3.17. The summed E-state index contributed by atoms with van der Waals surface area (Å²) >= 11 is 0. The van der Waals surface area contributed by atoms with Gasteiger partial charge in [-0.2, -0.15) is 0 Å². The summed E-state index contributed by atoms with van der Waals surface area (Å²) in [6.07, 6.45) is 3.67. The first kappa shape index (κ1) is 17.2. The van der Waals surface area contributed by atoms with Gasteiger partial charge in [-0.1, -0.05) is 0 Å². The number of amides is 1. The first-order valence-electron chi connectivity index (χ1n) is 8.16. The molecular weight excluding hydrogens is 296 g/mol. The Morgan fingerprint density at radius 2 is 2.04 bits per heavy atom. The second kappa shape index (κ2) is 8.47. The van der Waals surface area contributed by atoms with Crippen LogP contribution in [0.4, 0.5) is 11.4 Å². The third-order valence-electron chi connectivity index (χ3n) is 4.32. The van der Waals surface area contributed by atoms with Gasteiger partial charge in [0.15, 0.2) is 6.54 Å². The fraction of sp³-hybridized carbons (Fsp3) is 0.562. The summed E-state index contributed by atoms with van der Waals surface area (Å²) in [6, 6.07) is 6.82. The van der Waals surface area contributed by atoms with Crippen LogP contribution in [0, 0.1) is 10.1 Å². The number of nitro benzene ring substituents is 1. The Hall–Kier alpha value is -2.15. The molecule has 2 rings (SSSR count). The topological polar surface area (TPSA) is 88.7 Å². The van der Waals surface area contributed by atoms with Gasteiger partial charge in [0.2, 0.25) is 0 Å². The maximum Gasteiger partial charge on any atom is 0.275 e. The molecule has 1 aliphatic heterocycles. The monoisotopic (exact) mass is 321 g/mol. The number of nitrogens with zero attached hydrogens (tertiary/aromatic N) is 1. The van der Waals surface area contributed by atoms with Gasteiger partial charge in [0.05, 0.1) is 17.5 Å². The molecule has 1 saturated heterocycles. The number of rotatable bonds is 7. The van der Waals surface area contributed by atoms with Gasteiger partial charge in [-0.3, -0.25) is 14.9 Å². The molecule has 0 radical (unpaired) electrons. The molecule has 1 heterocycles. The van der Waals surface area contributed by atoms with Crippen molar-refractivity contribution in [3.05, 3.63) is 34.4 Å². The summed E-state index contributed by atoms with van der Waals surface area (Å²) in [4.78, 5) is 23.5. The van der Waals surface area contributed by atoms with E-state index in [9.17, 15) is 14.9 Å². The quantitative estimate of drug-likeness (QED) is 0.389. The molecule has 0 saturated carbocycles. The number of hydrogen-bond acceptors (Lipinski definition) is 4. The first-order chi connectivity index (χ1) is 11.1. The molecule has 2 atom stereocenters. The van der Waals surface area contributed by atoms with Gasteiger partial charge >= 0.3 is 0 Å². The van der Waals surface area contributed by atoms with E-state index >= 15 is 0 Å². The summed E-state index contributed by atoms with van der Waals surface area (Å²) < 4.78 is 0. The molecule has 1 aromatic rings. The zero-order valence-electron chi connectivity index (χ0n) is 13.5. The maximum absolute atomic E-state index is 12.0. The van der Waals surface area contributed by atoms with Crippen LogP contribution < -0.4 is 15.5 Å². The van der Waals surface area contributed by atoms with Crippen LogP contribution in [0.3, 0.4) is 0 Å². The highest BCUT2D eigenvalue weighted by molar-refractivity contribution is 5.76. The number of benzene rings is 1. The standard InChI is InChI=1S/C16H24N4O3/c1-13-4-2-3-11-19(13)12-16(21)18-10-9-17-14-5-7-15(8-6-14)20(22)23/h5-8,13,17H,2-4,9-12H2,1H3,(H,18,21)/p+1/t13-/m1/s1. The average Bonchev–Trinajstić information content (AvgIpc) is 2.54. The van der Waals surface area contributed by atoms with Gasteiger partial charge in [0, 0.05) is 30.9 Å². The molecule has 126 valence electrons. The summed E-state index contributed by atoms with van der Waals surface area (Å²) in [5.41, 5.74) is 0.877. The number of nitrogens with one attached hydrogen (secondary N) is 3. The van der Waals surface area contributed by atoms with Gasteiger partial charge < -0.3 is 15.5 Å². The van der Waals surface area contributed by atoms with Crippen molar-refractivity contribution in [3.8, 4) is 0 Å². The highest BCUT2D eigenvalue weighted by atomic mass is 16.6. The molecule has 1 unspecified atom stereocenters. The average molecular weight is 321 g/mol. The normalized spacial score (nSPS) is 20.7. The summed E-state index contributed by atoms with van der Waals surface area (Å²) in [7, 11) is 0. The number of carbonyl (C=O) groups is 1. The number of piperidine rings is 1. The maximum atomic E-state index is 12.0. The van der Waals surface area contributed by atoms with Crippen LogP contribution in [-0.4, -0.2) is 43.1 Å². The molecule has 3 N–H and O–H groups in total. The minimum Gasteiger partial charge on any atom is -0.383 e. The van der Waals surface area contributed by atoms with Crippen molar-refractivity contribution in [2.45, 2.75) is 32.2 Å². The molecule has 1 aromatic carbocycles. The molecular formula is C16H25N4O3+. The van der Waals surface area contributed by atoms with Crippen LogP contribution >= 0.6 is 0 Å². The van der Waals surface area contributed by atoms with Crippen molar-refractivity contribution in [2.75, 3.05) is 31.5 Å². The lowest BCUT2D eigenvalue weighted by molar-refractivity contribution is -0.920. The van der Waals surface area contributed by atoms with E-state index in [4.69, 9.17) is 0 Å². The Balaban J connectivity index is 1.64. The Kier molecular flexibility index (Phi) is 6.34. The van der Waals surface area contributed by atoms with E-state index in [0.717, 1.165) is 12.2 Å². The molecule has 0 aromatic heterocycles. The van der Waals surface area contributed by atoms with E-state index in [0.29, 0.717) is 25.7 Å². The van der Waals surface area contributed by atoms with E-state index in [1.54, 1.807) is 12.1 Å². The number of anilines is 1. The van der Waals surface area contributed by atoms with Crippen LogP contribution in [0.2, 0.25) is 0 Å². The van der Waals surface area contributed by atoms with Crippen molar-refractivity contribution >= 4 is 17.3 Å². The SMILES string of the molecule is C[C@@H]1CCCC[NH+]1CC(=O)NCCNc1ccc([N+](=O)[O-])cc1. The van der Waals surface area contributed by atoms with Gasteiger partial charge in [0.25, 0.3) is 11.6 Å². The second-order valence-electron chi connectivity index (χ2n) is 6.06. The first-order valence-corrected chi connectivity index (χ1v) is 8.16. The molecule has 23 heavy (non-hydrogen) atoms. The highest BCUT2D eigenvalue weighted by Crippen LogP contribution is 2.14. The number of nitro groups is 1.